The van der Waals surface area contributed by atoms with E-state index in [4.69, 9.17) is 0 Å². The lowest BCUT2D eigenvalue weighted by Gasteiger charge is -2.12. The van der Waals surface area contributed by atoms with Crippen molar-refractivity contribution in [2.75, 3.05) is 5.75 Å². The first kappa shape index (κ1) is 21.1. The molecule has 6 heteroatoms. The van der Waals surface area contributed by atoms with Crippen LogP contribution in [-0.2, 0) is 7.05 Å². The number of thioether (sulfide) groups is 1. The standard InChI is InChI=1S/C25H26N4OS/c1-16-11-12-21(13-17(16)2)29-24(20-9-7-6-8-10-20)26-27-25(29)31-15-23(30)22-14-18(3)28(5)19(22)4/h6-14H,15H2,1-5H3. The van der Waals surface area contributed by atoms with Crippen molar-refractivity contribution < 1.29 is 4.79 Å². The number of rotatable bonds is 6. The van der Waals surface area contributed by atoms with E-state index in [1.807, 2.05) is 66.4 Å². The Labute approximate surface area is 187 Å². The maximum absolute atomic E-state index is 12.9. The van der Waals surface area contributed by atoms with E-state index < -0.39 is 0 Å². The van der Waals surface area contributed by atoms with Crippen LogP contribution in [0.3, 0.4) is 0 Å². The van der Waals surface area contributed by atoms with Crippen LogP contribution in [0.2, 0.25) is 0 Å². The second kappa shape index (κ2) is 8.55. The molecule has 5 nitrogen and oxygen atoms in total. The van der Waals surface area contributed by atoms with Gasteiger partial charge in [-0.15, -0.1) is 10.2 Å². The lowest BCUT2D eigenvalue weighted by molar-refractivity contribution is 0.102. The van der Waals surface area contributed by atoms with Gasteiger partial charge in [0.15, 0.2) is 16.8 Å². The number of benzene rings is 2. The average Bonchev–Trinajstić information content (AvgIpc) is 3.31. The fourth-order valence-electron chi connectivity index (χ4n) is 3.58. The molecule has 0 saturated heterocycles. The molecule has 0 aliphatic heterocycles. The smallest absolute Gasteiger partial charge is 0.196 e. The Kier molecular flexibility index (Phi) is 5.83. The molecule has 2 aromatic heterocycles. The summed E-state index contributed by atoms with van der Waals surface area (Å²) in [5, 5.41) is 9.64. The first-order valence-electron chi connectivity index (χ1n) is 10.2. The zero-order valence-electron chi connectivity index (χ0n) is 18.5. The molecule has 0 spiro atoms. The highest BCUT2D eigenvalue weighted by molar-refractivity contribution is 7.99. The van der Waals surface area contributed by atoms with Gasteiger partial charge in [-0.2, -0.15) is 0 Å². The van der Waals surface area contributed by atoms with E-state index in [0.717, 1.165) is 34.0 Å². The van der Waals surface area contributed by atoms with Gasteiger partial charge >= 0.3 is 0 Å². The normalized spacial score (nSPS) is 11.1. The van der Waals surface area contributed by atoms with Crippen LogP contribution in [-0.4, -0.2) is 30.9 Å². The van der Waals surface area contributed by atoms with Gasteiger partial charge in [0.25, 0.3) is 0 Å². The van der Waals surface area contributed by atoms with Gasteiger partial charge in [-0.3, -0.25) is 9.36 Å². The van der Waals surface area contributed by atoms with E-state index in [0.29, 0.717) is 10.9 Å². The summed E-state index contributed by atoms with van der Waals surface area (Å²) in [6.45, 7) is 8.19. The molecule has 0 aliphatic rings. The van der Waals surface area contributed by atoms with E-state index in [1.165, 1.54) is 22.9 Å². The van der Waals surface area contributed by atoms with Crippen molar-refractivity contribution >= 4 is 17.5 Å². The highest BCUT2D eigenvalue weighted by Gasteiger charge is 2.19. The van der Waals surface area contributed by atoms with Crippen LogP contribution in [0.1, 0.15) is 32.9 Å². The Balaban J connectivity index is 1.70. The molecule has 2 heterocycles. The number of Topliss-reactive ketones (excluding diaryl/α,β-unsaturated/α-hetero) is 1. The van der Waals surface area contributed by atoms with Gasteiger partial charge in [0.2, 0.25) is 0 Å². The minimum atomic E-state index is 0.0992. The summed E-state index contributed by atoms with van der Waals surface area (Å²) in [4.78, 5) is 12.9. The van der Waals surface area contributed by atoms with Crippen LogP contribution in [0.25, 0.3) is 17.1 Å². The summed E-state index contributed by atoms with van der Waals surface area (Å²) < 4.78 is 4.09. The lowest BCUT2D eigenvalue weighted by Crippen LogP contribution is -2.06. The summed E-state index contributed by atoms with van der Waals surface area (Å²) >= 11 is 1.42. The zero-order chi connectivity index (χ0) is 22.1. The van der Waals surface area contributed by atoms with E-state index >= 15 is 0 Å². The molecule has 2 aromatic carbocycles. The molecule has 4 aromatic rings. The SMILES string of the molecule is Cc1ccc(-n2c(SCC(=O)c3cc(C)n(C)c3C)nnc2-c2ccccc2)cc1C. The van der Waals surface area contributed by atoms with Crippen molar-refractivity contribution in [2.24, 2.45) is 7.05 Å². The highest BCUT2D eigenvalue weighted by Crippen LogP contribution is 2.29. The topological polar surface area (TPSA) is 52.7 Å². The Morgan fingerprint density at radius 1 is 0.935 bits per heavy atom. The maximum Gasteiger partial charge on any atom is 0.196 e. The van der Waals surface area contributed by atoms with Gasteiger partial charge in [-0.1, -0.05) is 48.2 Å². The van der Waals surface area contributed by atoms with Crippen LogP contribution in [0, 0.1) is 27.7 Å². The first-order valence-corrected chi connectivity index (χ1v) is 11.2. The molecule has 0 N–H and O–H groups in total. The molecule has 4 rings (SSSR count). The summed E-state index contributed by atoms with van der Waals surface area (Å²) in [5.74, 6) is 1.18. The Morgan fingerprint density at radius 3 is 2.32 bits per heavy atom. The van der Waals surface area contributed by atoms with Gasteiger partial charge < -0.3 is 4.57 Å². The van der Waals surface area contributed by atoms with Gasteiger partial charge in [0, 0.05) is 29.6 Å². The fourth-order valence-corrected chi connectivity index (χ4v) is 4.42. The third kappa shape index (κ3) is 4.08. The third-order valence-electron chi connectivity index (χ3n) is 5.82. The molecule has 158 valence electrons. The average molecular weight is 431 g/mol. The monoisotopic (exact) mass is 430 g/mol. The fraction of sp³-hybridized carbons (Fsp3) is 0.240. The number of aryl methyl sites for hydroxylation is 3. The predicted molar refractivity (Wildman–Crippen MR) is 126 cm³/mol. The maximum atomic E-state index is 12.9. The molecule has 31 heavy (non-hydrogen) atoms. The quantitative estimate of drug-likeness (QED) is 0.300. The molecule has 0 bridgehead atoms. The van der Waals surface area contributed by atoms with E-state index in [2.05, 4.69) is 42.2 Å². The summed E-state index contributed by atoms with van der Waals surface area (Å²) in [7, 11) is 1.98. The van der Waals surface area contributed by atoms with E-state index in [9.17, 15) is 4.79 Å². The molecular weight excluding hydrogens is 404 g/mol. The van der Waals surface area contributed by atoms with Gasteiger partial charge in [-0.05, 0) is 57.0 Å². The number of hydrogen-bond acceptors (Lipinski definition) is 4. The minimum absolute atomic E-state index is 0.0992. The summed E-state index contributed by atoms with van der Waals surface area (Å²) in [6, 6.07) is 18.3. The second-order valence-corrected chi connectivity index (χ2v) is 8.77. The van der Waals surface area contributed by atoms with Gasteiger partial charge in [0.1, 0.15) is 0 Å². The number of carbonyl (C=O) groups is 1. The molecule has 0 atom stereocenters. The van der Waals surface area contributed by atoms with Crippen LogP contribution in [0.15, 0.2) is 59.8 Å². The van der Waals surface area contributed by atoms with Crippen molar-refractivity contribution in [3.63, 3.8) is 0 Å². The van der Waals surface area contributed by atoms with Crippen molar-refractivity contribution in [3.8, 4) is 17.1 Å². The molecule has 0 fully saturated rings. The molecule has 0 unspecified atom stereocenters. The number of ketones is 1. The molecule has 0 amide bonds. The predicted octanol–water partition coefficient (Wildman–Crippen LogP) is 5.48. The van der Waals surface area contributed by atoms with Crippen LogP contribution < -0.4 is 0 Å². The number of carbonyl (C=O) groups excluding carboxylic acids is 1. The summed E-state index contributed by atoms with van der Waals surface area (Å²) in [5.41, 5.74) is 7.26. The van der Waals surface area contributed by atoms with E-state index in [-0.39, 0.29) is 5.78 Å². The second-order valence-electron chi connectivity index (χ2n) is 7.83. The van der Waals surface area contributed by atoms with E-state index in [1.54, 1.807) is 0 Å². The Bertz CT molecular complexity index is 1250. The van der Waals surface area contributed by atoms with Crippen LogP contribution in [0.5, 0.6) is 0 Å². The molecule has 0 aliphatic carbocycles. The number of nitrogens with zero attached hydrogens (tertiary/aromatic N) is 4. The molecule has 0 saturated carbocycles. The molecule has 0 radical (unpaired) electrons. The molecular formula is C25H26N4OS. The highest BCUT2D eigenvalue weighted by atomic mass is 32.2. The lowest BCUT2D eigenvalue weighted by atomic mass is 10.1. The van der Waals surface area contributed by atoms with Crippen molar-refractivity contribution in [1.29, 1.82) is 0 Å². The van der Waals surface area contributed by atoms with Gasteiger partial charge in [0.05, 0.1) is 11.4 Å². The van der Waals surface area contributed by atoms with Crippen molar-refractivity contribution in [1.82, 2.24) is 19.3 Å². The van der Waals surface area contributed by atoms with Crippen LogP contribution in [0.4, 0.5) is 0 Å². The Hall–Kier alpha value is -3.12. The van der Waals surface area contributed by atoms with Crippen LogP contribution >= 0.6 is 11.8 Å². The zero-order valence-corrected chi connectivity index (χ0v) is 19.3. The largest absolute Gasteiger partial charge is 0.351 e. The minimum Gasteiger partial charge on any atom is -0.351 e. The number of aromatic nitrogens is 4. The Morgan fingerprint density at radius 2 is 1.68 bits per heavy atom. The van der Waals surface area contributed by atoms with Crippen molar-refractivity contribution in [3.05, 3.63) is 82.7 Å². The van der Waals surface area contributed by atoms with Gasteiger partial charge in [-0.25, -0.2) is 0 Å². The first-order chi connectivity index (χ1) is 14.9. The van der Waals surface area contributed by atoms with Crippen molar-refractivity contribution in [2.45, 2.75) is 32.9 Å². The summed E-state index contributed by atoms with van der Waals surface area (Å²) in [6.07, 6.45) is 0. The third-order valence-corrected chi connectivity index (χ3v) is 6.75. The number of hydrogen-bond donors (Lipinski definition) is 0.